The van der Waals surface area contributed by atoms with Crippen LogP contribution in [0.5, 0.6) is 0 Å². The second-order valence-corrected chi connectivity index (χ2v) is 6.47. The van der Waals surface area contributed by atoms with Crippen LogP contribution in [0, 0.1) is 11.2 Å². The summed E-state index contributed by atoms with van der Waals surface area (Å²) in [4.78, 5) is 1.91. The Morgan fingerprint density at radius 1 is 1.56 bits per heavy atom. The summed E-state index contributed by atoms with van der Waals surface area (Å²) < 4.78 is 24.4. The molecule has 1 aliphatic heterocycles. The Labute approximate surface area is 109 Å². The van der Waals surface area contributed by atoms with Crippen LogP contribution in [0.4, 0.5) is 4.39 Å². The summed E-state index contributed by atoms with van der Waals surface area (Å²) in [5.41, 5.74) is 1.67. The van der Waals surface area contributed by atoms with Gasteiger partial charge in [0.15, 0.2) is 0 Å². The number of hydrogen-bond donors (Lipinski definition) is 1. The summed E-state index contributed by atoms with van der Waals surface area (Å²) in [5.74, 6) is 0.0713. The number of fused-ring (bicyclic) bond motifs is 1. The maximum atomic E-state index is 13.1. The number of halogens is 1. The van der Waals surface area contributed by atoms with Crippen molar-refractivity contribution in [3.05, 3.63) is 35.1 Å². The third-order valence-corrected chi connectivity index (χ3v) is 4.75. The van der Waals surface area contributed by atoms with Crippen molar-refractivity contribution in [2.24, 2.45) is 0 Å². The molecular formula is C13H17FN2OS. The van der Waals surface area contributed by atoms with E-state index in [0.717, 1.165) is 12.0 Å². The average molecular weight is 268 g/mol. The van der Waals surface area contributed by atoms with Crippen molar-refractivity contribution >= 4 is 16.6 Å². The minimum absolute atomic E-state index is 0.123. The van der Waals surface area contributed by atoms with Crippen LogP contribution in [-0.2, 0) is 17.3 Å². The summed E-state index contributed by atoms with van der Waals surface area (Å²) in [6.07, 6.45) is 2.48. The van der Waals surface area contributed by atoms with Gasteiger partial charge >= 0.3 is 0 Å². The molecule has 2 atom stereocenters. The van der Waals surface area contributed by atoms with Gasteiger partial charge in [0.2, 0.25) is 0 Å². The maximum Gasteiger partial charge on any atom is 0.128 e. The van der Waals surface area contributed by atoms with E-state index >= 15 is 0 Å². The molecule has 0 saturated carbocycles. The predicted molar refractivity (Wildman–Crippen MR) is 71.8 cm³/mol. The third-order valence-electron chi connectivity index (χ3n) is 3.38. The zero-order chi connectivity index (χ0) is 13.3. The van der Waals surface area contributed by atoms with Gasteiger partial charge in [-0.05, 0) is 24.1 Å². The quantitative estimate of drug-likeness (QED) is 0.909. The molecule has 0 aliphatic carbocycles. The van der Waals surface area contributed by atoms with Crippen LogP contribution in [0.25, 0.3) is 0 Å². The second-order valence-electron chi connectivity index (χ2n) is 4.67. The number of amidine groups is 1. The normalized spacial score (nSPS) is 17.7. The largest absolute Gasteiger partial charge is 0.352 e. The molecule has 1 aliphatic rings. The van der Waals surface area contributed by atoms with Crippen molar-refractivity contribution in [3.63, 3.8) is 0 Å². The van der Waals surface area contributed by atoms with E-state index in [-0.39, 0.29) is 11.1 Å². The first kappa shape index (κ1) is 13.2. The standard InChI is InChI=1S/C13H17FN2OS/c1-9(18(2)17)5-6-16-8-10-3-4-11(14)7-12(10)13(16)15/h3-4,7,9,15H,5-6,8H2,1-2H3. The number of rotatable bonds is 4. The smallest absolute Gasteiger partial charge is 0.128 e. The molecule has 0 bridgehead atoms. The Balaban J connectivity index is 2.03. The van der Waals surface area contributed by atoms with Gasteiger partial charge in [0.1, 0.15) is 11.7 Å². The Bertz CT molecular complexity index is 504. The van der Waals surface area contributed by atoms with E-state index in [1.165, 1.54) is 12.1 Å². The van der Waals surface area contributed by atoms with Crippen LogP contribution in [-0.4, -0.2) is 33.0 Å². The molecular weight excluding hydrogens is 251 g/mol. The van der Waals surface area contributed by atoms with Gasteiger partial charge < -0.3 is 4.90 Å². The van der Waals surface area contributed by atoms with Gasteiger partial charge in [-0.1, -0.05) is 13.0 Å². The summed E-state index contributed by atoms with van der Waals surface area (Å²) in [6.45, 7) is 3.29. The molecule has 0 spiro atoms. The van der Waals surface area contributed by atoms with E-state index in [2.05, 4.69) is 0 Å². The van der Waals surface area contributed by atoms with Crippen molar-refractivity contribution in [2.45, 2.75) is 25.1 Å². The van der Waals surface area contributed by atoms with Crippen molar-refractivity contribution in [2.75, 3.05) is 12.8 Å². The molecule has 0 amide bonds. The minimum atomic E-state index is -0.833. The van der Waals surface area contributed by atoms with E-state index in [9.17, 15) is 8.60 Å². The zero-order valence-electron chi connectivity index (χ0n) is 10.6. The Morgan fingerprint density at radius 2 is 2.28 bits per heavy atom. The lowest BCUT2D eigenvalue weighted by Crippen LogP contribution is -2.28. The van der Waals surface area contributed by atoms with Crippen LogP contribution >= 0.6 is 0 Å². The highest BCUT2D eigenvalue weighted by atomic mass is 32.2. The van der Waals surface area contributed by atoms with Gasteiger partial charge in [0.25, 0.3) is 0 Å². The van der Waals surface area contributed by atoms with E-state index in [1.807, 2.05) is 11.8 Å². The molecule has 98 valence electrons. The van der Waals surface area contributed by atoms with Crippen LogP contribution in [0.1, 0.15) is 24.5 Å². The van der Waals surface area contributed by atoms with Gasteiger partial charge in [-0.25, -0.2) is 4.39 Å². The zero-order valence-corrected chi connectivity index (χ0v) is 11.4. The number of nitrogens with one attached hydrogen (secondary N) is 1. The lowest BCUT2D eigenvalue weighted by Gasteiger charge is -2.19. The monoisotopic (exact) mass is 268 g/mol. The molecule has 1 aromatic carbocycles. The van der Waals surface area contributed by atoms with Gasteiger partial charge in [-0.15, -0.1) is 0 Å². The van der Waals surface area contributed by atoms with Gasteiger partial charge in [0, 0.05) is 41.0 Å². The highest BCUT2D eigenvalue weighted by Crippen LogP contribution is 2.23. The summed E-state index contributed by atoms with van der Waals surface area (Å²) >= 11 is 0. The molecule has 3 nitrogen and oxygen atoms in total. The molecule has 0 radical (unpaired) electrons. The summed E-state index contributed by atoms with van der Waals surface area (Å²) in [7, 11) is -0.833. The number of hydrogen-bond acceptors (Lipinski definition) is 2. The third kappa shape index (κ3) is 2.61. The fourth-order valence-electron chi connectivity index (χ4n) is 2.06. The molecule has 5 heteroatoms. The first-order valence-corrected chi connectivity index (χ1v) is 7.55. The lowest BCUT2D eigenvalue weighted by atomic mass is 10.1. The highest BCUT2D eigenvalue weighted by molar-refractivity contribution is 7.84. The van der Waals surface area contributed by atoms with E-state index in [4.69, 9.17) is 5.41 Å². The van der Waals surface area contributed by atoms with E-state index in [1.54, 1.807) is 12.3 Å². The predicted octanol–water partition coefficient (Wildman–Crippen LogP) is 2.12. The Kier molecular flexibility index (Phi) is 3.80. The van der Waals surface area contributed by atoms with Crippen molar-refractivity contribution in [1.82, 2.24) is 4.90 Å². The van der Waals surface area contributed by atoms with Gasteiger partial charge in [-0.2, -0.15) is 0 Å². The molecule has 2 unspecified atom stereocenters. The van der Waals surface area contributed by atoms with Crippen LogP contribution in [0.3, 0.4) is 0 Å². The molecule has 1 heterocycles. The van der Waals surface area contributed by atoms with Crippen LogP contribution < -0.4 is 0 Å². The summed E-state index contributed by atoms with van der Waals surface area (Å²) in [5, 5.41) is 8.14. The second kappa shape index (κ2) is 5.18. The SMILES string of the molecule is CC(CCN1Cc2ccc(F)cc2C1=N)S(C)=O. The van der Waals surface area contributed by atoms with Crippen molar-refractivity contribution in [1.29, 1.82) is 5.41 Å². The molecule has 0 fully saturated rings. The van der Waals surface area contributed by atoms with Gasteiger partial charge in [0.05, 0.1) is 0 Å². The maximum absolute atomic E-state index is 13.1. The number of benzene rings is 1. The molecule has 0 aromatic heterocycles. The topological polar surface area (TPSA) is 44.2 Å². The molecule has 2 rings (SSSR count). The molecule has 0 saturated heterocycles. The van der Waals surface area contributed by atoms with Crippen molar-refractivity contribution < 1.29 is 8.60 Å². The van der Waals surface area contributed by atoms with E-state index in [0.29, 0.717) is 24.5 Å². The first-order valence-electron chi connectivity index (χ1n) is 5.93. The average Bonchev–Trinajstić information content (AvgIpc) is 2.63. The molecule has 1 aromatic rings. The number of nitrogens with zero attached hydrogens (tertiary/aromatic N) is 1. The lowest BCUT2D eigenvalue weighted by molar-refractivity contribution is 0.417. The Morgan fingerprint density at radius 3 is 2.94 bits per heavy atom. The minimum Gasteiger partial charge on any atom is -0.352 e. The van der Waals surface area contributed by atoms with E-state index < -0.39 is 10.8 Å². The van der Waals surface area contributed by atoms with Gasteiger partial charge in [-0.3, -0.25) is 9.62 Å². The van der Waals surface area contributed by atoms with Crippen LogP contribution in [0.2, 0.25) is 0 Å². The molecule has 1 N–H and O–H groups in total. The van der Waals surface area contributed by atoms with Crippen molar-refractivity contribution in [3.8, 4) is 0 Å². The fourth-order valence-corrected chi connectivity index (χ4v) is 2.49. The van der Waals surface area contributed by atoms with Crippen LogP contribution in [0.15, 0.2) is 18.2 Å². The fraction of sp³-hybridized carbons (Fsp3) is 0.462. The molecule has 18 heavy (non-hydrogen) atoms. The highest BCUT2D eigenvalue weighted by Gasteiger charge is 2.24. The summed E-state index contributed by atoms with van der Waals surface area (Å²) in [6, 6.07) is 4.58. The first-order chi connectivity index (χ1) is 8.49. The Hall–Kier alpha value is -1.23.